The Kier molecular flexibility index (Phi) is 7.05. The lowest BCUT2D eigenvalue weighted by molar-refractivity contribution is -0.116. The SMILES string of the molecule is CC(CC(=O)Nc1sc2c(c1C#N)CCC(COC(=O)N1CCCC1)C2)c1ccccn1. The van der Waals surface area contributed by atoms with Crippen molar-refractivity contribution in [2.24, 2.45) is 5.92 Å². The third-order valence-corrected chi connectivity index (χ3v) is 7.39. The van der Waals surface area contributed by atoms with Crippen molar-refractivity contribution >= 4 is 28.3 Å². The lowest BCUT2D eigenvalue weighted by Crippen LogP contribution is -2.30. The summed E-state index contributed by atoms with van der Waals surface area (Å²) >= 11 is 1.48. The van der Waals surface area contributed by atoms with Gasteiger partial charge in [-0.25, -0.2) is 4.79 Å². The Bertz CT molecular complexity index is 1010. The number of fused-ring (bicyclic) bond motifs is 1. The van der Waals surface area contributed by atoms with E-state index in [9.17, 15) is 14.9 Å². The fourth-order valence-electron chi connectivity index (χ4n) is 4.41. The van der Waals surface area contributed by atoms with Crippen LogP contribution in [0.1, 0.15) is 60.2 Å². The number of aromatic nitrogens is 1. The van der Waals surface area contributed by atoms with Crippen LogP contribution in [-0.4, -0.2) is 41.6 Å². The lowest BCUT2D eigenvalue weighted by Gasteiger charge is -2.23. The molecule has 1 aliphatic heterocycles. The van der Waals surface area contributed by atoms with E-state index >= 15 is 0 Å². The van der Waals surface area contributed by atoms with Gasteiger partial charge in [0.25, 0.3) is 0 Å². The third-order valence-electron chi connectivity index (χ3n) is 6.22. The molecule has 0 aromatic carbocycles. The van der Waals surface area contributed by atoms with Gasteiger partial charge in [0.15, 0.2) is 0 Å². The van der Waals surface area contributed by atoms with Crippen LogP contribution in [-0.2, 0) is 22.4 Å². The van der Waals surface area contributed by atoms with E-state index < -0.39 is 0 Å². The molecule has 32 heavy (non-hydrogen) atoms. The van der Waals surface area contributed by atoms with E-state index in [1.807, 2.05) is 25.1 Å². The van der Waals surface area contributed by atoms with Gasteiger partial charge in [-0.1, -0.05) is 13.0 Å². The summed E-state index contributed by atoms with van der Waals surface area (Å²) in [6.45, 7) is 3.94. The van der Waals surface area contributed by atoms with E-state index in [4.69, 9.17) is 4.74 Å². The Labute approximate surface area is 192 Å². The molecule has 8 heteroatoms. The highest BCUT2D eigenvalue weighted by Crippen LogP contribution is 2.39. The summed E-state index contributed by atoms with van der Waals surface area (Å²) in [5, 5.41) is 13.3. The van der Waals surface area contributed by atoms with Crippen LogP contribution < -0.4 is 5.32 Å². The molecular weight excluding hydrogens is 424 g/mol. The summed E-state index contributed by atoms with van der Waals surface area (Å²) in [5.74, 6) is 0.118. The van der Waals surface area contributed by atoms with Gasteiger partial charge >= 0.3 is 6.09 Å². The molecule has 0 spiro atoms. The average molecular weight is 453 g/mol. The monoisotopic (exact) mass is 452 g/mol. The van der Waals surface area contributed by atoms with Gasteiger partial charge in [0.1, 0.15) is 11.1 Å². The number of nitrogens with one attached hydrogen (secondary N) is 1. The molecule has 4 rings (SSSR count). The van der Waals surface area contributed by atoms with Crippen molar-refractivity contribution in [1.82, 2.24) is 9.88 Å². The Morgan fingerprint density at radius 1 is 1.38 bits per heavy atom. The number of carbonyl (C=O) groups excluding carboxylic acids is 2. The van der Waals surface area contributed by atoms with Crippen LogP contribution in [0.15, 0.2) is 24.4 Å². The summed E-state index contributed by atoms with van der Waals surface area (Å²) < 4.78 is 5.55. The highest BCUT2D eigenvalue weighted by Gasteiger charge is 2.28. The fraction of sp³-hybridized carbons (Fsp3) is 0.500. The fourth-order valence-corrected chi connectivity index (χ4v) is 5.74. The minimum Gasteiger partial charge on any atom is -0.449 e. The number of pyridine rings is 1. The average Bonchev–Trinajstić information content (AvgIpc) is 3.45. The molecule has 2 atom stereocenters. The molecule has 0 radical (unpaired) electrons. The normalized spacial score (nSPS) is 18.5. The number of rotatable bonds is 6. The third kappa shape index (κ3) is 5.10. The van der Waals surface area contributed by atoms with Gasteiger partial charge in [-0.2, -0.15) is 5.26 Å². The molecular formula is C24H28N4O3S. The first-order valence-electron chi connectivity index (χ1n) is 11.2. The van der Waals surface area contributed by atoms with Crippen molar-refractivity contribution in [3.05, 3.63) is 46.1 Å². The Balaban J connectivity index is 1.36. The lowest BCUT2D eigenvalue weighted by atomic mass is 9.88. The Hall–Kier alpha value is -2.92. The van der Waals surface area contributed by atoms with Crippen LogP contribution in [0.4, 0.5) is 9.80 Å². The number of carbonyl (C=O) groups is 2. The van der Waals surface area contributed by atoms with E-state index in [1.54, 1.807) is 11.1 Å². The predicted octanol–water partition coefficient (Wildman–Crippen LogP) is 4.48. The number of hydrogen-bond donors (Lipinski definition) is 1. The van der Waals surface area contributed by atoms with Crippen molar-refractivity contribution in [2.45, 2.75) is 51.4 Å². The first-order chi connectivity index (χ1) is 15.5. The van der Waals surface area contributed by atoms with Crippen LogP contribution in [0.3, 0.4) is 0 Å². The summed E-state index contributed by atoms with van der Waals surface area (Å²) in [4.78, 5) is 32.0. The largest absolute Gasteiger partial charge is 0.449 e. The molecule has 1 fully saturated rings. The standard InChI is InChI=1S/C24H28N4O3S/c1-16(20-6-2-3-9-26-20)12-22(29)27-23-19(14-25)18-8-7-17(13-21(18)32-23)15-31-24(30)28-10-4-5-11-28/h2-3,6,9,16-17H,4-5,7-8,10-13,15H2,1H3,(H,27,29). The molecule has 0 bridgehead atoms. The number of nitrogens with zero attached hydrogens (tertiary/aromatic N) is 3. The van der Waals surface area contributed by atoms with Crippen LogP contribution in [0.5, 0.6) is 0 Å². The first-order valence-corrected chi connectivity index (χ1v) is 12.0. The second-order valence-corrected chi connectivity index (χ2v) is 9.71. The molecule has 3 heterocycles. The van der Waals surface area contributed by atoms with Gasteiger partial charge in [-0.3, -0.25) is 9.78 Å². The smallest absolute Gasteiger partial charge is 0.409 e. The number of amides is 2. The number of nitriles is 1. The van der Waals surface area contributed by atoms with Gasteiger partial charge in [-0.15, -0.1) is 11.3 Å². The molecule has 168 valence electrons. The van der Waals surface area contributed by atoms with Gasteiger partial charge in [-0.05, 0) is 55.7 Å². The summed E-state index contributed by atoms with van der Waals surface area (Å²) in [6, 6.07) is 7.97. The summed E-state index contributed by atoms with van der Waals surface area (Å²) in [6.07, 6.45) is 6.31. The van der Waals surface area contributed by atoms with E-state index in [2.05, 4.69) is 16.4 Å². The van der Waals surface area contributed by atoms with E-state index in [1.165, 1.54) is 11.3 Å². The van der Waals surface area contributed by atoms with Crippen LogP contribution in [0.2, 0.25) is 0 Å². The van der Waals surface area contributed by atoms with Crippen LogP contribution in [0.25, 0.3) is 0 Å². The minimum atomic E-state index is -0.216. The molecule has 1 aliphatic carbocycles. The second kappa shape index (κ2) is 10.1. The number of ether oxygens (including phenoxy) is 1. The van der Waals surface area contributed by atoms with Gasteiger partial charge in [0.05, 0.1) is 12.2 Å². The van der Waals surface area contributed by atoms with Crippen molar-refractivity contribution in [3.8, 4) is 6.07 Å². The molecule has 2 unspecified atom stereocenters. The molecule has 2 aromatic rings. The molecule has 2 amide bonds. The minimum absolute atomic E-state index is 0.00834. The maximum atomic E-state index is 12.6. The summed E-state index contributed by atoms with van der Waals surface area (Å²) in [7, 11) is 0. The van der Waals surface area contributed by atoms with E-state index in [-0.39, 0.29) is 23.8 Å². The molecule has 7 nitrogen and oxygen atoms in total. The van der Waals surface area contributed by atoms with Crippen molar-refractivity contribution in [1.29, 1.82) is 5.26 Å². The van der Waals surface area contributed by atoms with Crippen LogP contribution >= 0.6 is 11.3 Å². The first kappa shape index (κ1) is 22.3. The summed E-state index contributed by atoms with van der Waals surface area (Å²) in [5.41, 5.74) is 2.49. The number of hydrogen-bond acceptors (Lipinski definition) is 6. The number of anilines is 1. The van der Waals surface area contributed by atoms with Crippen molar-refractivity contribution in [2.75, 3.05) is 25.0 Å². The number of likely N-dealkylation sites (tertiary alicyclic amines) is 1. The van der Waals surface area contributed by atoms with Gasteiger partial charge in [0.2, 0.25) is 5.91 Å². The quantitative estimate of drug-likeness (QED) is 0.697. The molecule has 2 aromatic heterocycles. The van der Waals surface area contributed by atoms with Gasteiger partial charge < -0.3 is 15.0 Å². The maximum Gasteiger partial charge on any atom is 0.409 e. The molecule has 2 aliphatic rings. The Morgan fingerprint density at radius 3 is 2.91 bits per heavy atom. The topological polar surface area (TPSA) is 95.3 Å². The zero-order valence-electron chi connectivity index (χ0n) is 18.3. The highest BCUT2D eigenvalue weighted by molar-refractivity contribution is 7.16. The molecule has 1 N–H and O–H groups in total. The van der Waals surface area contributed by atoms with E-state index in [0.29, 0.717) is 23.6 Å². The van der Waals surface area contributed by atoms with Crippen molar-refractivity contribution < 1.29 is 14.3 Å². The Morgan fingerprint density at radius 2 is 2.19 bits per heavy atom. The van der Waals surface area contributed by atoms with Gasteiger partial charge in [0, 0.05) is 42.2 Å². The number of thiophene rings is 1. The molecule has 1 saturated heterocycles. The maximum absolute atomic E-state index is 12.6. The molecule has 0 saturated carbocycles. The highest BCUT2D eigenvalue weighted by atomic mass is 32.1. The zero-order valence-corrected chi connectivity index (χ0v) is 19.1. The second-order valence-electron chi connectivity index (χ2n) is 8.61. The van der Waals surface area contributed by atoms with E-state index in [0.717, 1.165) is 61.3 Å². The van der Waals surface area contributed by atoms with Crippen molar-refractivity contribution in [3.63, 3.8) is 0 Å². The predicted molar refractivity (Wildman–Crippen MR) is 123 cm³/mol. The zero-order chi connectivity index (χ0) is 22.5. The van der Waals surface area contributed by atoms with Crippen LogP contribution in [0, 0.1) is 17.2 Å².